The quantitative estimate of drug-likeness (QED) is 0.810. The van der Waals surface area contributed by atoms with E-state index in [1.165, 1.54) is 32.1 Å². The van der Waals surface area contributed by atoms with Gasteiger partial charge < -0.3 is 9.80 Å². The van der Waals surface area contributed by atoms with Gasteiger partial charge in [0.2, 0.25) is 0 Å². The van der Waals surface area contributed by atoms with Gasteiger partial charge in [0.05, 0.1) is 10.6 Å². The zero-order valence-electron chi connectivity index (χ0n) is 15.5. The van der Waals surface area contributed by atoms with Crippen molar-refractivity contribution in [1.82, 2.24) is 14.8 Å². The van der Waals surface area contributed by atoms with E-state index in [4.69, 9.17) is 11.6 Å². The minimum absolute atomic E-state index is 0.0664. The molecule has 26 heavy (non-hydrogen) atoms. The van der Waals surface area contributed by atoms with Crippen molar-refractivity contribution < 1.29 is 4.79 Å². The summed E-state index contributed by atoms with van der Waals surface area (Å²) >= 11 is 6.52. The van der Waals surface area contributed by atoms with Crippen LogP contribution in [0.4, 0.5) is 5.82 Å². The van der Waals surface area contributed by atoms with Gasteiger partial charge in [0.25, 0.3) is 5.91 Å². The monoisotopic (exact) mass is 376 g/mol. The Hall–Kier alpha value is -1.33. The third kappa shape index (κ3) is 3.84. The standard InChI is InChI=1S/C20H29ClN4O/c21-18-14-16(20(26)25-8-4-1-5-9-25)15-22-19(18)24-12-10-23(11-13-24)17-6-2-3-7-17/h14-15,17H,1-13H2. The van der Waals surface area contributed by atoms with E-state index >= 15 is 0 Å². The lowest BCUT2D eigenvalue weighted by molar-refractivity contribution is 0.0724. The normalized spacial score (nSPS) is 22.8. The van der Waals surface area contributed by atoms with Crippen LogP contribution in [0.15, 0.2) is 12.3 Å². The van der Waals surface area contributed by atoms with E-state index < -0.39 is 0 Å². The molecule has 5 nitrogen and oxygen atoms in total. The molecule has 0 bridgehead atoms. The summed E-state index contributed by atoms with van der Waals surface area (Å²) in [5, 5.41) is 0.599. The van der Waals surface area contributed by atoms with Gasteiger partial charge in [-0.2, -0.15) is 0 Å². The lowest BCUT2D eigenvalue weighted by atomic mass is 10.1. The second-order valence-corrected chi connectivity index (χ2v) is 8.25. The van der Waals surface area contributed by atoms with E-state index in [9.17, 15) is 4.79 Å². The highest BCUT2D eigenvalue weighted by atomic mass is 35.5. The highest BCUT2D eigenvalue weighted by Crippen LogP contribution is 2.28. The van der Waals surface area contributed by atoms with Crippen LogP contribution >= 0.6 is 11.6 Å². The largest absolute Gasteiger partial charge is 0.353 e. The lowest BCUT2D eigenvalue weighted by Crippen LogP contribution is -2.50. The number of aromatic nitrogens is 1. The summed E-state index contributed by atoms with van der Waals surface area (Å²) in [5.41, 5.74) is 0.616. The van der Waals surface area contributed by atoms with Gasteiger partial charge in [0, 0.05) is 51.5 Å². The molecule has 6 heteroatoms. The highest BCUT2D eigenvalue weighted by molar-refractivity contribution is 6.33. The molecule has 142 valence electrons. The second-order valence-electron chi connectivity index (χ2n) is 7.84. The molecule has 0 N–H and O–H groups in total. The Labute approximate surface area is 161 Å². The molecule has 1 aromatic rings. The molecule has 2 saturated heterocycles. The van der Waals surface area contributed by atoms with Gasteiger partial charge in [-0.3, -0.25) is 9.69 Å². The lowest BCUT2D eigenvalue weighted by Gasteiger charge is -2.38. The number of nitrogens with zero attached hydrogens (tertiary/aromatic N) is 4. The highest BCUT2D eigenvalue weighted by Gasteiger charge is 2.27. The molecule has 1 aromatic heterocycles. The number of rotatable bonds is 3. The number of hydrogen-bond acceptors (Lipinski definition) is 4. The van der Waals surface area contributed by atoms with Gasteiger partial charge >= 0.3 is 0 Å². The summed E-state index contributed by atoms with van der Waals surface area (Å²) in [7, 11) is 0. The van der Waals surface area contributed by atoms with Crippen LogP contribution in [0.3, 0.4) is 0 Å². The predicted octanol–water partition coefficient (Wildman–Crippen LogP) is 3.43. The van der Waals surface area contributed by atoms with Crippen molar-refractivity contribution in [2.24, 2.45) is 0 Å². The molecule has 3 heterocycles. The van der Waals surface area contributed by atoms with Crippen molar-refractivity contribution in [3.05, 3.63) is 22.8 Å². The fourth-order valence-electron chi connectivity index (χ4n) is 4.63. The minimum Gasteiger partial charge on any atom is -0.353 e. The van der Waals surface area contributed by atoms with Gasteiger partial charge in [0.1, 0.15) is 5.82 Å². The Morgan fingerprint density at radius 1 is 0.962 bits per heavy atom. The summed E-state index contributed by atoms with van der Waals surface area (Å²) in [6, 6.07) is 2.59. The van der Waals surface area contributed by atoms with Crippen molar-refractivity contribution in [2.45, 2.75) is 51.0 Å². The molecule has 4 rings (SSSR count). The van der Waals surface area contributed by atoms with E-state index in [-0.39, 0.29) is 5.91 Å². The molecule has 0 spiro atoms. The number of likely N-dealkylation sites (tertiary alicyclic amines) is 1. The first-order valence-electron chi connectivity index (χ1n) is 10.2. The summed E-state index contributed by atoms with van der Waals surface area (Å²) in [6.45, 7) is 5.78. The Kier molecular flexibility index (Phi) is 5.65. The predicted molar refractivity (Wildman–Crippen MR) is 105 cm³/mol. The fourth-order valence-corrected chi connectivity index (χ4v) is 4.91. The number of halogens is 1. The summed E-state index contributed by atoms with van der Waals surface area (Å²) < 4.78 is 0. The number of piperazine rings is 1. The Bertz CT molecular complexity index is 633. The maximum absolute atomic E-state index is 12.6. The average molecular weight is 377 g/mol. The first-order valence-corrected chi connectivity index (χ1v) is 10.5. The summed E-state index contributed by atoms with van der Waals surface area (Å²) in [5.74, 6) is 0.893. The van der Waals surface area contributed by atoms with Crippen LogP contribution in [0, 0.1) is 0 Å². The van der Waals surface area contributed by atoms with Gasteiger partial charge in [-0.05, 0) is 38.2 Å². The average Bonchev–Trinajstić information content (AvgIpc) is 3.23. The van der Waals surface area contributed by atoms with Crippen molar-refractivity contribution in [2.75, 3.05) is 44.2 Å². The van der Waals surface area contributed by atoms with E-state index in [0.717, 1.165) is 64.0 Å². The first-order chi connectivity index (χ1) is 12.7. The first kappa shape index (κ1) is 18.1. The molecular formula is C20H29ClN4O. The van der Waals surface area contributed by atoms with Crippen LogP contribution in [-0.4, -0.2) is 66.0 Å². The van der Waals surface area contributed by atoms with Crippen LogP contribution in [0.5, 0.6) is 0 Å². The van der Waals surface area contributed by atoms with Crippen LogP contribution < -0.4 is 4.90 Å². The zero-order chi connectivity index (χ0) is 17.9. The third-order valence-corrected chi connectivity index (χ3v) is 6.45. The van der Waals surface area contributed by atoms with Crippen LogP contribution in [0.2, 0.25) is 5.02 Å². The van der Waals surface area contributed by atoms with Crippen molar-refractivity contribution in [3.63, 3.8) is 0 Å². The smallest absolute Gasteiger partial charge is 0.255 e. The van der Waals surface area contributed by atoms with E-state index in [1.54, 1.807) is 6.20 Å². The molecule has 2 aliphatic heterocycles. The number of amides is 1. The van der Waals surface area contributed by atoms with E-state index in [0.29, 0.717) is 10.6 Å². The van der Waals surface area contributed by atoms with Crippen molar-refractivity contribution >= 4 is 23.3 Å². The molecule has 0 radical (unpaired) electrons. The summed E-state index contributed by atoms with van der Waals surface area (Å²) in [6.07, 6.45) is 10.6. The van der Waals surface area contributed by atoms with Gasteiger partial charge in [-0.25, -0.2) is 4.98 Å². The molecule has 1 aliphatic carbocycles. The Balaban J connectivity index is 1.39. The summed E-state index contributed by atoms with van der Waals surface area (Å²) in [4.78, 5) is 24.0. The fraction of sp³-hybridized carbons (Fsp3) is 0.700. The number of anilines is 1. The molecule has 0 atom stereocenters. The zero-order valence-corrected chi connectivity index (χ0v) is 16.3. The molecule has 1 amide bonds. The van der Waals surface area contributed by atoms with Crippen molar-refractivity contribution in [3.8, 4) is 0 Å². The SMILES string of the molecule is O=C(c1cnc(N2CCN(C3CCCC3)CC2)c(Cl)c1)N1CCCCC1. The topological polar surface area (TPSA) is 39.7 Å². The van der Waals surface area contributed by atoms with E-state index in [1.807, 2.05) is 11.0 Å². The number of hydrogen-bond donors (Lipinski definition) is 0. The maximum atomic E-state index is 12.6. The Morgan fingerprint density at radius 2 is 1.65 bits per heavy atom. The molecule has 1 saturated carbocycles. The van der Waals surface area contributed by atoms with Gasteiger partial charge in [0.15, 0.2) is 0 Å². The van der Waals surface area contributed by atoms with Gasteiger partial charge in [-0.15, -0.1) is 0 Å². The van der Waals surface area contributed by atoms with Crippen LogP contribution in [0.25, 0.3) is 0 Å². The number of carbonyl (C=O) groups excluding carboxylic acids is 1. The molecule has 0 unspecified atom stereocenters. The van der Waals surface area contributed by atoms with Crippen LogP contribution in [0.1, 0.15) is 55.3 Å². The Morgan fingerprint density at radius 3 is 2.31 bits per heavy atom. The van der Waals surface area contributed by atoms with Gasteiger partial charge in [-0.1, -0.05) is 24.4 Å². The molecular weight excluding hydrogens is 348 g/mol. The third-order valence-electron chi connectivity index (χ3n) is 6.17. The molecule has 3 fully saturated rings. The minimum atomic E-state index is 0.0664. The number of pyridine rings is 1. The molecule has 0 aromatic carbocycles. The van der Waals surface area contributed by atoms with E-state index in [2.05, 4.69) is 14.8 Å². The molecule has 3 aliphatic rings. The number of carbonyl (C=O) groups is 1. The maximum Gasteiger partial charge on any atom is 0.255 e. The second kappa shape index (κ2) is 8.13. The number of piperidine rings is 1. The van der Waals surface area contributed by atoms with Crippen LogP contribution in [-0.2, 0) is 0 Å². The van der Waals surface area contributed by atoms with Crippen molar-refractivity contribution in [1.29, 1.82) is 0 Å².